The van der Waals surface area contributed by atoms with Gasteiger partial charge in [0.1, 0.15) is 5.75 Å². The number of anilines is 2. The van der Waals surface area contributed by atoms with Crippen molar-refractivity contribution in [1.82, 2.24) is 9.78 Å². The maximum Gasteiger partial charge on any atom is 0.258 e. The Hall–Kier alpha value is -3.61. The van der Waals surface area contributed by atoms with Crippen molar-refractivity contribution in [2.75, 3.05) is 17.7 Å². The highest BCUT2D eigenvalue weighted by molar-refractivity contribution is 6.12. The van der Waals surface area contributed by atoms with Crippen LogP contribution in [0.5, 0.6) is 5.75 Å². The standard InChI is InChI=1S/C19H18N4O3/c1-23-12-13(11-20-23)18(24)22-17-9-4-3-8-16(17)19(25)21-14-6-5-7-15(10-14)26-2/h3-12H,1-2H3,(H,21,25)(H,22,24). The number of aryl methyl sites for hydroxylation is 1. The van der Waals surface area contributed by atoms with E-state index in [-0.39, 0.29) is 11.8 Å². The van der Waals surface area contributed by atoms with Crippen molar-refractivity contribution in [2.24, 2.45) is 7.05 Å². The SMILES string of the molecule is COc1cccc(NC(=O)c2ccccc2NC(=O)c2cnn(C)c2)c1. The third kappa shape index (κ3) is 3.89. The number of para-hydroxylation sites is 1. The van der Waals surface area contributed by atoms with Crippen LogP contribution >= 0.6 is 0 Å². The molecule has 0 saturated carbocycles. The first kappa shape index (κ1) is 17.2. The molecule has 0 bridgehead atoms. The number of hydrogen-bond donors (Lipinski definition) is 2. The summed E-state index contributed by atoms with van der Waals surface area (Å²) in [5.74, 6) is -0.0268. The van der Waals surface area contributed by atoms with Crippen LogP contribution in [-0.2, 0) is 7.05 Å². The summed E-state index contributed by atoms with van der Waals surface area (Å²) in [4.78, 5) is 25.0. The van der Waals surface area contributed by atoms with E-state index in [4.69, 9.17) is 4.74 Å². The van der Waals surface area contributed by atoms with Gasteiger partial charge in [0, 0.05) is 25.0 Å². The highest BCUT2D eigenvalue weighted by Crippen LogP contribution is 2.21. The van der Waals surface area contributed by atoms with E-state index in [9.17, 15) is 9.59 Å². The molecule has 3 rings (SSSR count). The quantitative estimate of drug-likeness (QED) is 0.741. The van der Waals surface area contributed by atoms with Crippen molar-refractivity contribution < 1.29 is 14.3 Å². The molecule has 7 nitrogen and oxygen atoms in total. The second-order valence-electron chi connectivity index (χ2n) is 5.59. The summed E-state index contributed by atoms with van der Waals surface area (Å²) < 4.78 is 6.69. The van der Waals surface area contributed by atoms with E-state index in [1.165, 1.54) is 10.9 Å². The van der Waals surface area contributed by atoms with E-state index in [1.54, 1.807) is 68.9 Å². The molecule has 0 radical (unpaired) electrons. The van der Waals surface area contributed by atoms with E-state index >= 15 is 0 Å². The lowest BCUT2D eigenvalue weighted by Crippen LogP contribution is -2.18. The Morgan fingerprint density at radius 3 is 2.58 bits per heavy atom. The van der Waals surface area contributed by atoms with Crippen molar-refractivity contribution in [2.45, 2.75) is 0 Å². The number of amides is 2. The van der Waals surface area contributed by atoms with Gasteiger partial charge in [-0.25, -0.2) is 0 Å². The smallest absolute Gasteiger partial charge is 0.258 e. The number of benzene rings is 2. The summed E-state index contributed by atoms with van der Waals surface area (Å²) in [7, 11) is 3.29. The molecule has 3 aromatic rings. The van der Waals surface area contributed by atoms with Crippen LogP contribution in [0.15, 0.2) is 60.9 Å². The summed E-state index contributed by atoms with van der Waals surface area (Å²) in [6.45, 7) is 0. The van der Waals surface area contributed by atoms with Gasteiger partial charge in [0.25, 0.3) is 11.8 Å². The normalized spacial score (nSPS) is 10.2. The molecule has 0 aliphatic carbocycles. The van der Waals surface area contributed by atoms with E-state index in [2.05, 4.69) is 15.7 Å². The molecule has 2 aromatic carbocycles. The second-order valence-corrected chi connectivity index (χ2v) is 5.59. The predicted molar refractivity (Wildman–Crippen MR) is 98.6 cm³/mol. The number of ether oxygens (including phenoxy) is 1. The lowest BCUT2D eigenvalue weighted by atomic mass is 10.1. The molecule has 1 aromatic heterocycles. The van der Waals surface area contributed by atoms with E-state index in [0.717, 1.165) is 0 Å². The van der Waals surface area contributed by atoms with Gasteiger partial charge in [0.15, 0.2) is 0 Å². The van der Waals surface area contributed by atoms with Gasteiger partial charge in [0.2, 0.25) is 0 Å². The monoisotopic (exact) mass is 350 g/mol. The molecule has 2 N–H and O–H groups in total. The minimum atomic E-state index is -0.334. The first-order valence-corrected chi connectivity index (χ1v) is 7.91. The zero-order valence-corrected chi connectivity index (χ0v) is 14.4. The average Bonchev–Trinajstić information content (AvgIpc) is 3.09. The predicted octanol–water partition coefficient (Wildman–Crippen LogP) is 2.93. The van der Waals surface area contributed by atoms with Gasteiger partial charge in [-0.1, -0.05) is 18.2 Å². The van der Waals surface area contributed by atoms with Crippen molar-refractivity contribution in [3.05, 3.63) is 72.1 Å². The summed E-state index contributed by atoms with van der Waals surface area (Å²) in [6.07, 6.45) is 3.07. The molecule has 0 unspecified atom stereocenters. The number of carbonyl (C=O) groups excluding carboxylic acids is 2. The minimum Gasteiger partial charge on any atom is -0.497 e. The highest BCUT2D eigenvalue weighted by atomic mass is 16.5. The molecule has 7 heteroatoms. The van der Waals surface area contributed by atoms with Gasteiger partial charge in [-0.2, -0.15) is 5.10 Å². The molecular formula is C19H18N4O3. The molecule has 26 heavy (non-hydrogen) atoms. The third-order valence-electron chi connectivity index (χ3n) is 3.71. The number of hydrogen-bond acceptors (Lipinski definition) is 4. The molecule has 0 aliphatic heterocycles. The van der Waals surface area contributed by atoms with Gasteiger partial charge in [0.05, 0.1) is 30.1 Å². The number of nitrogens with one attached hydrogen (secondary N) is 2. The van der Waals surface area contributed by atoms with Crippen LogP contribution in [-0.4, -0.2) is 28.7 Å². The summed E-state index contributed by atoms with van der Waals surface area (Å²) in [6, 6.07) is 13.9. The lowest BCUT2D eigenvalue weighted by molar-refractivity contribution is 0.102. The highest BCUT2D eigenvalue weighted by Gasteiger charge is 2.15. The van der Waals surface area contributed by atoms with E-state index in [1.807, 2.05) is 0 Å². The van der Waals surface area contributed by atoms with Crippen LogP contribution < -0.4 is 15.4 Å². The molecule has 132 valence electrons. The van der Waals surface area contributed by atoms with Crippen molar-refractivity contribution in [3.63, 3.8) is 0 Å². The molecule has 0 atom stereocenters. The molecule has 2 amide bonds. The van der Waals surface area contributed by atoms with Gasteiger partial charge < -0.3 is 15.4 Å². The van der Waals surface area contributed by atoms with E-state index in [0.29, 0.717) is 28.3 Å². The van der Waals surface area contributed by atoms with Crippen LogP contribution in [0.3, 0.4) is 0 Å². The fourth-order valence-corrected chi connectivity index (χ4v) is 2.42. The Balaban J connectivity index is 1.79. The van der Waals surface area contributed by atoms with Gasteiger partial charge >= 0.3 is 0 Å². The number of methoxy groups -OCH3 is 1. The number of aromatic nitrogens is 2. The molecule has 0 saturated heterocycles. The number of nitrogens with zero attached hydrogens (tertiary/aromatic N) is 2. The Bertz CT molecular complexity index is 949. The maximum atomic E-state index is 12.6. The number of rotatable bonds is 5. The van der Waals surface area contributed by atoms with Gasteiger partial charge in [-0.05, 0) is 24.3 Å². The first-order valence-electron chi connectivity index (χ1n) is 7.91. The molecule has 0 spiro atoms. The van der Waals surface area contributed by atoms with Crippen LogP contribution in [0.2, 0.25) is 0 Å². The zero-order chi connectivity index (χ0) is 18.5. The van der Waals surface area contributed by atoms with Crippen molar-refractivity contribution in [3.8, 4) is 5.75 Å². The first-order chi connectivity index (χ1) is 12.6. The van der Waals surface area contributed by atoms with Crippen molar-refractivity contribution >= 4 is 23.2 Å². The van der Waals surface area contributed by atoms with Crippen LogP contribution in [0.25, 0.3) is 0 Å². The topological polar surface area (TPSA) is 85.2 Å². The molecule has 0 fully saturated rings. The molecule has 0 aliphatic rings. The molecular weight excluding hydrogens is 332 g/mol. The fourth-order valence-electron chi connectivity index (χ4n) is 2.42. The second kappa shape index (κ2) is 7.52. The minimum absolute atomic E-state index is 0.333. The Kier molecular flexibility index (Phi) is 4.98. The van der Waals surface area contributed by atoms with Crippen LogP contribution in [0.1, 0.15) is 20.7 Å². The number of carbonyl (C=O) groups is 2. The maximum absolute atomic E-state index is 12.6. The lowest BCUT2D eigenvalue weighted by Gasteiger charge is -2.11. The van der Waals surface area contributed by atoms with Crippen LogP contribution in [0, 0.1) is 0 Å². The summed E-state index contributed by atoms with van der Waals surface area (Å²) in [5, 5.41) is 9.53. The average molecular weight is 350 g/mol. The third-order valence-corrected chi connectivity index (χ3v) is 3.71. The summed E-state index contributed by atoms with van der Waals surface area (Å²) >= 11 is 0. The largest absolute Gasteiger partial charge is 0.497 e. The Labute approximate surface area is 150 Å². The Morgan fingerprint density at radius 2 is 1.85 bits per heavy atom. The van der Waals surface area contributed by atoms with Crippen LogP contribution in [0.4, 0.5) is 11.4 Å². The van der Waals surface area contributed by atoms with Gasteiger partial charge in [-0.3, -0.25) is 14.3 Å². The Morgan fingerprint density at radius 1 is 1.04 bits per heavy atom. The summed E-state index contributed by atoms with van der Waals surface area (Å²) in [5.41, 5.74) is 1.78. The fraction of sp³-hybridized carbons (Fsp3) is 0.105. The van der Waals surface area contributed by atoms with E-state index < -0.39 is 0 Å². The van der Waals surface area contributed by atoms with Crippen molar-refractivity contribution in [1.29, 1.82) is 0 Å². The molecule has 1 heterocycles. The zero-order valence-electron chi connectivity index (χ0n) is 14.4. The van der Waals surface area contributed by atoms with Gasteiger partial charge in [-0.15, -0.1) is 0 Å².